The number of nitrogens with zero attached hydrogens (tertiary/aromatic N) is 3. The van der Waals surface area contributed by atoms with E-state index in [9.17, 15) is 4.79 Å². The molecule has 8 heteroatoms. The Labute approximate surface area is 116 Å². The Morgan fingerprint density at radius 1 is 1.44 bits per heavy atom. The van der Waals surface area contributed by atoms with Gasteiger partial charge in [0.15, 0.2) is 6.61 Å². The average Bonchev–Trinajstić information content (AvgIpc) is 2.80. The molecule has 1 aromatic carbocycles. The molecule has 0 spiro atoms. The van der Waals surface area contributed by atoms with E-state index in [-0.39, 0.29) is 12.5 Å². The van der Waals surface area contributed by atoms with Crippen molar-refractivity contribution < 1.29 is 9.53 Å². The molecule has 0 atom stereocenters. The lowest BCUT2D eigenvalue weighted by molar-refractivity contribution is -0.119. The summed E-state index contributed by atoms with van der Waals surface area (Å²) >= 11 is 9.08. The molecule has 18 heavy (non-hydrogen) atoms. The summed E-state index contributed by atoms with van der Waals surface area (Å²) in [6.07, 6.45) is 2.74. The highest BCUT2D eigenvalue weighted by atomic mass is 79.9. The normalized spacial score (nSPS) is 10.1. The highest BCUT2D eigenvalue weighted by molar-refractivity contribution is 9.10. The summed E-state index contributed by atoms with van der Waals surface area (Å²) in [6, 6.07) is 5.05. The maximum Gasteiger partial charge on any atom is 0.276 e. The highest BCUT2D eigenvalue weighted by Gasteiger charge is 2.06. The zero-order valence-corrected chi connectivity index (χ0v) is 11.3. The quantitative estimate of drug-likeness (QED) is 0.928. The van der Waals surface area contributed by atoms with Gasteiger partial charge in [-0.2, -0.15) is 0 Å². The number of hydrogen-bond donors (Lipinski definition) is 1. The third-order valence-electron chi connectivity index (χ3n) is 1.93. The Hall–Kier alpha value is -1.60. The van der Waals surface area contributed by atoms with Gasteiger partial charge in [0.1, 0.15) is 18.4 Å². The third kappa shape index (κ3) is 3.44. The number of ether oxygens (including phenoxy) is 1. The second-order valence-corrected chi connectivity index (χ2v) is 4.56. The first kappa shape index (κ1) is 12.8. The fraction of sp³-hybridized carbons (Fsp3) is 0.100. The van der Waals surface area contributed by atoms with Crippen molar-refractivity contribution in [2.45, 2.75) is 0 Å². The Morgan fingerprint density at radius 3 is 2.83 bits per heavy atom. The first-order chi connectivity index (χ1) is 8.65. The molecule has 1 amide bonds. The lowest BCUT2D eigenvalue weighted by Crippen LogP contribution is -2.27. The molecule has 0 aliphatic heterocycles. The number of benzene rings is 1. The number of hydrogen-bond acceptors (Lipinski definition) is 4. The van der Waals surface area contributed by atoms with Crippen molar-refractivity contribution in [3.63, 3.8) is 0 Å². The predicted octanol–water partition coefficient (Wildman–Crippen LogP) is 1.84. The van der Waals surface area contributed by atoms with Gasteiger partial charge in [0.2, 0.25) is 0 Å². The van der Waals surface area contributed by atoms with Crippen LogP contribution in [0.5, 0.6) is 5.75 Å². The summed E-state index contributed by atoms with van der Waals surface area (Å²) in [5, 5.41) is 7.69. The van der Waals surface area contributed by atoms with Crippen molar-refractivity contribution in [2.75, 3.05) is 12.0 Å². The smallest absolute Gasteiger partial charge is 0.276 e. The molecule has 0 saturated heterocycles. The molecular formula is C10H8BrClN4O2. The number of carbonyl (C=O) groups is 1. The summed E-state index contributed by atoms with van der Waals surface area (Å²) in [5.74, 6) is 0.218. The first-order valence-corrected chi connectivity index (χ1v) is 6.04. The van der Waals surface area contributed by atoms with Gasteiger partial charge in [0.05, 0.1) is 4.47 Å². The van der Waals surface area contributed by atoms with Gasteiger partial charge >= 0.3 is 0 Å². The largest absolute Gasteiger partial charge is 0.483 e. The predicted molar refractivity (Wildman–Crippen MR) is 69.0 cm³/mol. The zero-order chi connectivity index (χ0) is 13.0. The van der Waals surface area contributed by atoms with Crippen LogP contribution in [0.25, 0.3) is 0 Å². The van der Waals surface area contributed by atoms with E-state index in [1.807, 2.05) is 0 Å². The molecule has 0 bridgehead atoms. The van der Waals surface area contributed by atoms with Crippen LogP contribution in [0.15, 0.2) is 35.3 Å². The summed E-state index contributed by atoms with van der Waals surface area (Å²) in [6.45, 7) is -0.127. The Kier molecular flexibility index (Phi) is 4.16. The van der Waals surface area contributed by atoms with Crippen LogP contribution in [0.1, 0.15) is 0 Å². The summed E-state index contributed by atoms with van der Waals surface area (Å²) in [5.41, 5.74) is 2.51. The Balaban J connectivity index is 1.89. The zero-order valence-electron chi connectivity index (χ0n) is 9.01. The second kappa shape index (κ2) is 5.83. The lowest BCUT2D eigenvalue weighted by Gasteiger charge is -2.08. The fourth-order valence-electron chi connectivity index (χ4n) is 1.17. The van der Waals surface area contributed by atoms with Crippen LogP contribution in [-0.2, 0) is 4.79 Å². The number of rotatable bonds is 4. The minimum absolute atomic E-state index is 0.127. The number of aromatic nitrogens is 3. The molecule has 2 rings (SSSR count). The van der Waals surface area contributed by atoms with E-state index in [0.29, 0.717) is 15.2 Å². The minimum Gasteiger partial charge on any atom is -0.483 e. The van der Waals surface area contributed by atoms with E-state index < -0.39 is 0 Å². The van der Waals surface area contributed by atoms with Crippen LogP contribution in [-0.4, -0.2) is 27.4 Å². The van der Waals surface area contributed by atoms with Crippen LogP contribution in [0.2, 0.25) is 5.02 Å². The van der Waals surface area contributed by atoms with Gasteiger partial charge in [-0.3, -0.25) is 10.2 Å². The highest BCUT2D eigenvalue weighted by Crippen LogP contribution is 2.27. The summed E-state index contributed by atoms with van der Waals surface area (Å²) in [4.78, 5) is 11.5. The van der Waals surface area contributed by atoms with Crippen LogP contribution in [0, 0.1) is 0 Å². The van der Waals surface area contributed by atoms with Crippen LogP contribution < -0.4 is 10.2 Å². The molecule has 1 N–H and O–H groups in total. The number of nitrogens with one attached hydrogen (secondary N) is 1. The third-order valence-corrected chi connectivity index (χ3v) is 2.78. The van der Waals surface area contributed by atoms with Crippen LogP contribution in [0.3, 0.4) is 0 Å². The molecule has 6 nitrogen and oxygen atoms in total. The fourth-order valence-corrected chi connectivity index (χ4v) is 1.97. The van der Waals surface area contributed by atoms with Gasteiger partial charge in [-0.25, -0.2) is 4.68 Å². The summed E-state index contributed by atoms with van der Waals surface area (Å²) < 4.78 is 7.35. The molecule has 2 aromatic rings. The van der Waals surface area contributed by atoms with E-state index in [4.69, 9.17) is 16.3 Å². The average molecular weight is 332 g/mol. The molecule has 0 aliphatic rings. The maximum atomic E-state index is 11.5. The Morgan fingerprint density at radius 2 is 2.17 bits per heavy atom. The van der Waals surface area contributed by atoms with E-state index in [1.54, 1.807) is 18.2 Å². The van der Waals surface area contributed by atoms with Crippen molar-refractivity contribution in [1.29, 1.82) is 0 Å². The summed E-state index contributed by atoms with van der Waals surface area (Å²) in [7, 11) is 0. The van der Waals surface area contributed by atoms with Gasteiger partial charge in [0.25, 0.3) is 5.91 Å². The van der Waals surface area contributed by atoms with Gasteiger partial charge in [-0.1, -0.05) is 11.6 Å². The monoisotopic (exact) mass is 330 g/mol. The molecule has 1 heterocycles. The van der Waals surface area contributed by atoms with E-state index in [0.717, 1.165) is 0 Å². The molecule has 0 unspecified atom stereocenters. The number of halogens is 2. The SMILES string of the molecule is O=C(COc1ccc(Cl)cc1Br)Nn1cnnc1. The van der Waals surface area contributed by atoms with Gasteiger partial charge in [-0.15, -0.1) is 10.2 Å². The molecular weight excluding hydrogens is 323 g/mol. The Bertz CT molecular complexity index is 547. The minimum atomic E-state index is -0.323. The van der Waals surface area contributed by atoms with Gasteiger partial charge in [0, 0.05) is 5.02 Å². The number of carbonyl (C=O) groups excluding carboxylic acids is 1. The van der Waals surface area contributed by atoms with Crippen molar-refractivity contribution in [3.8, 4) is 5.75 Å². The molecule has 0 aliphatic carbocycles. The van der Waals surface area contributed by atoms with E-state index in [1.165, 1.54) is 17.3 Å². The molecule has 1 aromatic heterocycles. The molecule has 0 radical (unpaired) electrons. The van der Waals surface area contributed by atoms with Crippen molar-refractivity contribution in [3.05, 3.63) is 40.3 Å². The maximum absolute atomic E-state index is 11.5. The molecule has 94 valence electrons. The van der Waals surface area contributed by atoms with Crippen LogP contribution >= 0.6 is 27.5 Å². The van der Waals surface area contributed by atoms with Crippen molar-refractivity contribution in [2.24, 2.45) is 0 Å². The van der Waals surface area contributed by atoms with E-state index in [2.05, 4.69) is 31.6 Å². The van der Waals surface area contributed by atoms with Crippen LogP contribution in [0.4, 0.5) is 0 Å². The number of amides is 1. The van der Waals surface area contributed by atoms with Gasteiger partial charge in [-0.05, 0) is 34.1 Å². The van der Waals surface area contributed by atoms with Crippen molar-refractivity contribution >= 4 is 33.4 Å². The van der Waals surface area contributed by atoms with Gasteiger partial charge < -0.3 is 4.74 Å². The molecule has 0 fully saturated rings. The lowest BCUT2D eigenvalue weighted by atomic mass is 10.3. The van der Waals surface area contributed by atoms with Crippen molar-refractivity contribution in [1.82, 2.24) is 14.9 Å². The standard InChI is InChI=1S/C10H8BrClN4O2/c11-8-3-7(12)1-2-9(8)18-4-10(17)15-16-5-13-14-6-16/h1-3,5-6H,4H2,(H,15,17). The molecule has 0 saturated carbocycles. The van der Waals surface area contributed by atoms with E-state index >= 15 is 0 Å². The topological polar surface area (TPSA) is 69.0 Å². The second-order valence-electron chi connectivity index (χ2n) is 3.27. The first-order valence-electron chi connectivity index (χ1n) is 4.87.